The molecule has 0 aromatic heterocycles. The second-order valence-corrected chi connectivity index (χ2v) is 6.15. The number of nitrogens with one attached hydrogen (secondary N) is 2. The van der Waals surface area contributed by atoms with E-state index in [1.807, 2.05) is 13.8 Å². The van der Waals surface area contributed by atoms with Gasteiger partial charge in [-0.25, -0.2) is 4.99 Å². The van der Waals surface area contributed by atoms with Crippen molar-refractivity contribution in [3.63, 3.8) is 0 Å². The average molecular weight is 313 g/mol. The molecule has 0 heterocycles. The lowest BCUT2D eigenvalue weighted by atomic mass is 10.1. The maximum atomic E-state index is 5.44. The third kappa shape index (κ3) is 4.96. The molecule has 124 valence electrons. The van der Waals surface area contributed by atoms with Crippen LogP contribution < -0.4 is 10.6 Å². The number of hydrogen-bond acceptors (Lipinski definition) is 2. The van der Waals surface area contributed by atoms with Crippen LogP contribution in [0.25, 0.3) is 10.8 Å². The Hall–Kier alpha value is -2.07. The molecule has 0 saturated heterocycles. The van der Waals surface area contributed by atoms with E-state index in [-0.39, 0.29) is 5.60 Å². The van der Waals surface area contributed by atoms with Crippen LogP contribution in [0.15, 0.2) is 47.5 Å². The van der Waals surface area contributed by atoms with E-state index in [9.17, 15) is 0 Å². The fourth-order valence-electron chi connectivity index (χ4n) is 2.31. The molecule has 0 saturated carbocycles. The fourth-order valence-corrected chi connectivity index (χ4v) is 2.31. The molecule has 0 unspecified atom stereocenters. The van der Waals surface area contributed by atoms with Crippen LogP contribution in [0.3, 0.4) is 0 Å². The molecule has 0 radical (unpaired) electrons. The molecule has 0 spiro atoms. The second-order valence-electron chi connectivity index (χ2n) is 6.15. The van der Waals surface area contributed by atoms with Crippen LogP contribution in [0, 0.1) is 0 Å². The highest BCUT2D eigenvalue weighted by Gasteiger charge is 2.16. The van der Waals surface area contributed by atoms with Gasteiger partial charge in [0.1, 0.15) is 0 Å². The highest BCUT2D eigenvalue weighted by atomic mass is 16.5. The highest BCUT2D eigenvalue weighted by molar-refractivity contribution is 5.86. The number of fused-ring (bicyclic) bond motifs is 1. The van der Waals surface area contributed by atoms with Gasteiger partial charge in [-0.3, -0.25) is 0 Å². The lowest BCUT2D eigenvalue weighted by Crippen LogP contribution is -2.45. The molecule has 2 aromatic rings. The van der Waals surface area contributed by atoms with E-state index in [4.69, 9.17) is 9.73 Å². The van der Waals surface area contributed by atoms with Crippen LogP contribution in [0.4, 0.5) is 0 Å². The van der Waals surface area contributed by atoms with Crippen LogP contribution in [-0.2, 0) is 11.3 Å². The second kappa shape index (κ2) is 7.97. The van der Waals surface area contributed by atoms with E-state index in [1.54, 1.807) is 7.11 Å². The summed E-state index contributed by atoms with van der Waals surface area (Å²) in [7, 11) is 1.72. The predicted molar refractivity (Wildman–Crippen MR) is 97.9 cm³/mol. The Morgan fingerprint density at radius 1 is 1.09 bits per heavy atom. The lowest BCUT2D eigenvalue weighted by molar-refractivity contribution is 0.0268. The molecule has 0 atom stereocenters. The zero-order valence-electron chi connectivity index (χ0n) is 14.5. The van der Waals surface area contributed by atoms with Gasteiger partial charge in [-0.05, 0) is 37.1 Å². The molecule has 2 N–H and O–H groups in total. The van der Waals surface area contributed by atoms with Gasteiger partial charge in [0.2, 0.25) is 0 Å². The van der Waals surface area contributed by atoms with E-state index in [2.05, 4.69) is 60.0 Å². The van der Waals surface area contributed by atoms with Crippen molar-refractivity contribution >= 4 is 16.7 Å². The van der Waals surface area contributed by atoms with Crippen molar-refractivity contribution in [2.24, 2.45) is 4.99 Å². The van der Waals surface area contributed by atoms with Gasteiger partial charge in [0.25, 0.3) is 0 Å². The van der Waals surface area contributed by atoms with Crippen LogP contribution >= 0.6 is 0 Å². The summed E-state index contributed by atoms with van der Waals surface area (Å²) in [6.45, 7) is 8.34. The van der Waals surface area contributed by atoms with Crippen LogP contribution in [0.2, 0.25) is 0 Å². The molecule has 4 nitrogen and oxygen atoms in total. The molecule has 0 aliphatic rings. The van der Waals surface area contributed by atoms with Crippen LogP contribution in [0.5, 0.6) is 0 Å². The van der Waals surface area contributed by atoms with Gasteiger partial charge in [-0.1, -0.05) is 42.5 Å². The van der Waals surface area contributed by atoms with Crippen molar-refractivity contribution in [3.8, 4) is 0 Å². The molecule has 4 heteroatoms. The fraction of sp³-hybridized carbons (Fsp3) is 0.421. The normalized spacial score (nSPS) is 12.4. The van der Waals surface area contributed by atoms with Gasteiger partial charge in [0.15, 0.2) is 5.96 Å². The van der Waals surface area contributed by atoms with E-state index in [0.29, 0.717) is 13.1 Å². The summed E-state index contributed by atoms with van der Waals surface area (Å²) >= 11 is 0. The number of methoxy groups -OCH3 is 1. The molecular weight excluding hydrogens is 286 g/mol. The summed E-state index contributed by atoms with van der Waals surface area (Å²) in [5, 5.41) is 9.13. The summed E-state index contributed by atoms with van der Waals surface area (Å²) in [6, 6.07) is 14.8. The van der Waals surface area contributed by atoms with Crippen LogP contribution in [0.1, 0.15) is 26.3 Å². The quantitative estimate of drug-likeness (QED) is 0.635. The monoisotopic (exact) mass is 313 g/mol. The third-order valence-electron chi connectivity index (χ3n) is 3.87. The zero-order valence-corrected chi connectivity index (χ0v) is 14.5. The Balaban J connectivity index is 2.13. The first-order valence-corrected chi connectivity index (χ1v) is 8.09. The number of benzene rings is 2. The standard InChI is InChI=1S/C19H27N3O/c1-5-20-18(22-14-19(2,3)23-4)21-13-16-11-8-10-15-9-6-7-12-17(15)16/h6-12H,5,13-14H2,1-4H3,(H2,20,21,22). The number of aliphatic imine (C=N–C) groups is 1. The van der Waals surface area contributed by atoms with Gasteiger partial charge in [-0.2, -0.15) is 0 Å². The minimum absolute atomic E-state index is 0.227. The summed E-state index contributed by atoms with van der Waals surface area (Å²) in [5.41, 5.74) is 1.00. The van der Waals surface area contributed by atoms with E-state index in [1.165, 1.54) is 16.3 Å². The van der Waals surface area contributed by atoms with E-state index < -0.39 is 0 Å². The Morgan fingerprint density at radius 2 is 1.83 bits per heavy atom. The largest absolute Gasteiger partial charge is 0.377 e. The zero-order chi connectivity index (χ0) is 16.7. The van der Waals surface area contributed by atoms with E-state index >= 15 is 0 Å². The number of rotatable bonds is 6. The summed E-state index contributed by atoms with van der Waals surface area (Å²) in [6.07, 6.45) is 0. The van der Waals surface area contributed by atoms with Gasteiger partial charge >= 0.3 is 0 Å². The molecule has 0 aliphatic carbocycles. The minimum Gasteiger partial charge on any atom is -0.377 e. The maximum Gasteiger partial charge on any atom is 0.191 e. The Labute approximate surface area is 139 Å². The van der Waals surface area contributed by atoms with Crippen molar-refractivity contribution in [2.75, 3.05) is 20.2 Å². The molecule has 2 rings (SSSR count). The minimum atomic E-state index is -0.227. The predicted octanol–water partition coefficient (Wildman–Crippen LogP) is 3.32. The molecule has 0 fully saturated rings. The van der Waals surface area contributed by atoms with Crippen molar-refractivity contribution in [3.05, 3.63) is 48.0 Å². The van der Waals surface area contributed by atoms with Crippen molar-refractivity contribution in [1.29, 1.82) is 0 Å². The molecular formula is C19H27N3O. The number of nitrogens with zero attached hydrogens (tertiary/aromatic N) is 1. The van der Waals surface area contributed by atoms with Crippen molar-refractivity contribution in [2.45, 2.75) is 32.9 Å². The molecule has 0 amide bonds. The number of ether oxygens (including phenoxy) is 1. The third-order valence-corrected chi connectivity index (χ3v) is 3.87. The van der Waals surface area contributed by atoms with Crippen LogP contribution in [-0.4, -0.2) is 31.8 Å². The first-order chi connectivity index (χ1) is 11.1. The first kappa shape index (κ1) is 17.3. The molecule has 0 aliphatic heterocycles. The van der Waals surface area contributed by atoms with Gasteiger partial charge in [0.05, 0.1) is 12.1 Å². The lowest BCUT2D eigenvalue weighted by Gasteiger charge is -2.24. The average Bonchev–Trinajstić information content (AvgIpc) is 2.57. The first-order valence-electron chi connectivity index (χ1n) is 8.09. The van der Waals surface area contributed by atoms with Gasteiger partial charge in [-0.15, -0.1) is 0 Å². The summed E-state index contributed by atoms with van der Waals surface area (Å²) in [4.78, 5) is 4.71. The Bertz CT molecular complexity index is 659. The summed E-state index contributed by atoms with van der Waals surface area (Å²) in [5.74, 6) is 0.811. The SMILES string of the molecule is CCNC(=NCc1cccc2ccccc12)NCC(C)(C)OC. The van der Waals surface area contributed by atoms with Gasteiger partial charge in [0, 0.05) is 20.2 Å². The summed E-state index contributed by atoms with van der Waals surface area (Å²) < 4.78 is 5.44. The number of guanidine groups is 1. The van der Waals surface area contributed by atoms with Crippen molar-refractivity contribution < 1.29 is 4.74 Å². The molecule has 23 heavy (non-hydrogen) atoms. The van der Waals surface area contributed by atoms with Gasteiger partial charge < -0.3 is 15.4 Å². The van der Waals surface area contributed by atoms with Crippen molar-refractivity contribution in [1.82, 2.24) is 10.6 Å². The number of hydrogen-bond donors (Lipinski definition) is 2. The molecule has 2 aromatic carbocycles. The smallest absolute Gasteiger partial charge is 0.191 e. The maximum absolute atomic E-state index is 5.44. The highest BCUT2D eigenvalue weighted by Crippen LogP contribution is 2.19. The van der Waals surface area contributed by atoms with E-state index in [0.717, 1.165) is 12.5 Å². The Morgan fingerprint density at radius 3 is 2.57 bits per heavy atom. The topological polar surface area (TPSA) is 45.7 Å². The Kier molecular flexibility index (Phi) is 5.99. The molecule has 0 bridgehead atoms.